The molecule has 1 saturated carbocycles. The lowest BCUT2D eigenvalue weighted by Crippen LogP contribution is -2.51. The Morgan fingerprint density at radius 2 is 2.00 bits per heavy atom. The number of carbonyl (C=O) groups excluding carboxylic acids is 1. The average molecular weight is 501 g/mol. The van der Waals surface area contributed by atoms with Gasteiger partial charge in [-0.2, -0.15) is 5.26 Å². The van der Waals surface area contributed by atoms with E-state index < -0.39 is 23.5 Å². The molecule has 2 fully saturated rings. The van der Waals surface area contributed by atoms with Gasteiger partial charge in [0, 0.05) is 28.9 Å². The number of carbonyl (C=O) groups is 1. The molecular formula is C27H21F2N5O3. The standard InChI is InChI=1S/C27H21F2N5O3/c28-17-3-4-20(22(7-17)26(36)33-11-18(29)12-33)15-5-23(14-1-2-14)32-24(6-15)34-10-16(9-30)21-8-19(13-35)31-25(21)27(34)37/h3-8,10,14,18,31,35H,1-2,11-13H2. The van der Waals surface area contributed by atoms with E-state index >= 15 is 0 Å². The molecule has 1 amide bonds. The normalized spacial score (nSPS) is 15.6. The molecule has 2 N–H and O–H groups in total. The SMILES string of the molecule is N#Cc1cn(-c2cc(-c3ccc(F)cc3C(=O)N3CC(F)C3)cc(C3CC3)n2)c(=O)c2[nH]c(CO)cc12. The maximum absolute atomic E-state index is 14.2. The number of hydrogen-bond acceptors (Lipinski definition) is 5. The van der Waals surface area contributed by atoms with Crippen LogP contribution in [0.25, 0.3) is 27.8 Å². The fourth-order valence-electron chi connectivity index (χ4n) is 4.72. The Kier molecular flexibility index (Phi) is 5.38. The number of aromatic nitrogens is 3. The number of benzene rings is 1. The number of nitrogens with one attached hydrogen (secondary N) is 1. The van der Waals surface area contributed by atoms with Gasteiger partial charge in [-0.1, -0.05) is 6.07 Å². The summed E-state index contributed by atoms with van der Waals surface area (Å²) in [7, 11) is 0. The zero-order valence-corrected chi connectivity index (χ0v) is 19.5. The quantitative estimate of drug-likeness (QED) is 0.434. The van der Waals surface area contributed by atoms with Crippen molar-refractivity contribution in [1.29, 1.82) is 5.26 Å². The van der Waals surface area contributed by atoms with Gasteiger partial charge in [0.2, 0.25) is 0 Å². The third kappa shape index (κ3) is 3.97. The van der Waals surface area contributed by atoms with Crippen molar-refractivity contribution in [2.45, 2.75) is 31.5 Å². The van der Waals surface area contributed by atoms with Crippen LogP contribution in [0.5, 0.6) is 0 Å². The zero-order valence-electron chi connectivity index (χ0n) is 19.5. The van der Waals surface area contributed by atoms with Crippen molar-refractivity contribution in [2.24, 2.45) is 0 Å². The second-order valence-electron chi connectivity index (χ2n) is 9.48. The predicted molar refractivity (Wildman–Crippen MR) is 130 cm³/mol. The third-order valence-electron chi connectivity index (χ3n) is 6.87. The number of amides is 1. The Balaban J connectivity index is 1.54. The van der Waals surface area contributed by atoms with Gasteiger partial charge in [-0.15, -0.1) is 0 Å². The number of aliphatic hydroxyl groups excluding tert-OH is 1. The molecule has 1 aromatic carbocycles. The van der Waals surface area contributed by atoms with Crippen molar-refractivity contribution in [3.63, 3.8) is 0 Å². The molecule has 1 aliphatic carbocycles. The maximum atomic E-state index is 14.2. The number of nitrogens with zero attached hydrogens (tertiary/aromatic N) is 4. The van der Waals surface area contributed by atoms with Crippen LogP contribution < -0.4 is 5.56 Å². The summed E-state index contributed by atoms with van der Waals surface area (Å²) in [6.07, 6.45) is 2.15. The molecular weight excluding hydrogens is 480 g/mol. The van der Waals surface area contributed by atoms with E-state index in [2.05, 4.69) is 11.1 Å². The minimum absolute atomic E-state index is 0.0397. The molecule has 2 aliphatic rings. The molecule has 3 aromatic heterocycles. The molecule has 186 valence electrons. The molecule has 0 radical (unpaired) electrons. The number of alkyl halides is 1. The van der Waals surface area contributed by atoms with Gasteiger partial charge >= 0.3 is 0 Å². The molecule has 8 nitrogen and oxygen atoms in total. The lowest BCUT2D eigenvalue weighted by Gasteiger charge is -2.34. The van der Waals surface area contributed by atoms with Crippen LogP contribution in [0.2, 0.25) is 0 Å². The van der Waals surface area contributed by atoms with Gasteiger partial charge in [0.05, 0.1) is 30.8 Å². The first-order valence-electron chi connectivity index (χ1n) is 11.9. The van der Waals surface area contributed by atoms with Crippen molar-refractivity contribution in [3.05, 3.63) is 81.3 Å². The van der Waals surface area contributed by atoms with Crippen LogP contribution in [-0.4, -0.2) is 49.7 Å². The fraction of sp³-hybridized carbons (Fsp3) is 0.259. The van der Waals surface area contributed by atoms with Crippen molar-refractivity contribution in [2.75, 3.05) is 13.1 Å². The van der Waals surface area contributed by atoms with E-state index in [-0.39, 0.29) is 48.1 Å². The smallest absolute Gasteiger partial charge is 0.280 e. The zero-order chi connectivity index (χ0) is 25.8. The second kappa shape index (κ2) is 8.64. The molecule has 6 rings (SSSR count). The van der Waals surface area contributed by atoms with Gasteiger partial charge in [-0.25, -0.2) is 13.8 Å². The van der Waals surface area contributed by atoms with Crippen molar-refractivity contribution in [1.82, 2.24) is 19.4 Å². The van der Waals surface area contributed by atoms with Crippen LogP contribution in [0.15, 0.2) is 47.4 Å². The van der Waals surface area contributed by atoms with E-state index in [0.717, 1.165) is 24.6 Å². The Labute approximate surface area is 209 Å². The Morgan fingerprint density at radius 3 is 2.68 bits per heavy atom. The molecule has 4 aromatic rings. The summed E-state index contributed by atoms with van der Waals surface area (Å²) < 4.78 is 28.9. The van der Waals surface area contributed by atoms with Crippen LogP contribution >= 0.6 is 0 Å². The number of pyridine rings is 2. The van der Waals surface area contributed by atoms with Crippen molar-refractivity contribution in [3.8, 4) is 23.0 Å². The van der Waals surface area contributed by atoms with Crippen LogP contribution in [0, 0.1) is 17.1 Å². The van der Waals surface area contributed by atoms with E-state index in [9.17, 15) is 28.7 Å². The van der Waals surface area contributed by atoms with Gasteiger partial charge in [-0.05, 0) is 54.3 Å². The maximum Gasteiger partial charge on any atom is 0.280 e. The monoisotopic (exact) mass is 501 g/mol. The van der Waals surface area contributed by atoms with Gasteiger partial charge < -0.3 is 15.0 Å². The number of aliphatic hydroxyl groups is 1. The number of halogens is 2. The summed E-state index contributed by atoms with van der Waals surface area (Å²) in [5.41, 5.74) is 2.15. The summed E-state index contributed by atoms with van der Waals surface area (Å²) in [6.45, 7) is -0.399. The number of fused-ring (bicyclic) bond motifs is 1. The highest BCUT2D eigenvalue weighted by atomic mass is 19.1. The second-order valence-corrected chi connectivity index (χ2v) is 9.48. The molecule has 1 aliphatic heterocycles. The fourth-order valence-corrected chi connectivity index (χ4v) is 4.72. The molecule has 0 unspecified atom stereocenters. The molecule has 0 atom stereocenters. The Hall–Kier alpha value is -4.36. The summed E-state index contributed by atoms with van der Waals surface area (Å²) in [4.78, 5) is 35.4. The van der Waals surface area contributed by atoms with E-state index in [1.165, 1.54) is 27.8 Å². The van der Waals surface area contributed by atoms with E-state index in [1.54, 1.807) is 12.1 Å². The minimum Gasteiger partial charge on any atom is -0.390 e. The largest absolute Gasteiger partial charge is 0.390 e. The third-order valence-corrected chi connectivity index (χ3v) is 6.87. The van der Waals surface area contributed by atoms with E-state index in [0.29, 0.717) is 22.2 Å². The highest BCUT2D eigenvalue weighted by molar-refractivity contribution is 6.01. The lowest BCUT2D eigenvalue weighted by molar-refractivity contribution is 0.0400. The van der Waals surface area contributed by atoms with E-state index in [4.69, 9.17) is 4.98 Å². The van der Waals surface area contributed by atoms with Crippen LogP contribution in [0.4, 0.5) is 8.78 Å². The first-order valence-corrected chi connectivity index (χ1v) is 11.9. The van der Waals surface area contributed by atoms with Crippen LogP contribution in [-0.2, 0) is 6.61 Å². The molecule has 4 heterocycles. The number of rotatable bonds is 5. The van der Waals surface area contributed by atoms with Gasteiger partial charge in [0.1, 0.15) is 29.4 Å². The van der Waals surface area contributed by atoms with Crippen LogP contribution in [0.3, 0.4) is 0 Å². The summed E-state index contributed by atoms with van der Waals surface area (Å²) in [5, 5.41) is 19.6. The summed E-state index contributed by atoms with van der Waals surface area (Å²) >= 11 is 0. The van der Waals surface area contributed by atoms with Gasteiger partial charge in [0.25, 0.3) is 11.5 Å². The molecule has 0 bridgehead atoms. The molecule has 37 heavy (non-hydrogen) atoms. The molecule has 0 spiro atoms. The number of aromatic amines is 1. The summed E-state index contributed by atoms with van der Waals surface area (Å²) in [5.74, 6) is -0.628. The predicted octanol–water partition coefficient (Wildman–Crippen LogP) is 3.56. The van der Waals surface area contributed by atoms with Crippen LogP contribution in [0.1, 0.15) is 46.1 Å². The Morgan fingerprint density at radius 1 is 1.22 bits per heavy atom. The van der Waals surface area contributed by atoms with Gasteiger partial charge in [-0.3, -0.25) is 14.2 Å². The lowest BCUT2D eigenvalue weighted by atomic mass is 9.96. The first-order chi connectivity index (χ1) is 17.9. The minimum atomic E-state index is -1.09. The summed E-state index contributed by atoms with van der Waals surface area (Å²) in [6, 6.07) is 11.0. The topological polar surface area (TPSA) is 115 Å². The average Bonchev–Trinajstić information content (AvgIpc) is 3.64. The Bertz CT molecular complexity index is 1680. The first kappa shape index (κ1) is 23.1. The highest BCUT2D eigenvalue weighted by Crippen LogP contribution is 2.41. The highest BCUT2D eigenvalue weighted by Gasteiger charge is 2.33. The number of H-pyrrole nitrogens is 1. The molecule has 1 saturated heterocycles. The number of nitriles is 1. The van der Waals surface area contributed by atoms with Crippen molar-refractivity contribution >= 4 is 16.8 Å². The number of hydrogen-bond donors (Lipinski definition) is 2. The van der Waals surface area contributed by atoms with Gasteiger partial charge in [0.15, 0.2) is 0 Å². The van der Waals surface area contributed by atoms with Crippen molar-refractivity contribution < 1.29 is 18.7 Å². The number of likely N-dealkylation sites (tertiary alicyclic amines) is 1. The van der Waals surface area contributed by atoms with E-state index in [1.807, 2.05) is 6.07 Å². The molecule has 10 heteroatoms.